The third kappa shape index (κ3) is 2.03. The molecule has 92 valence electrons. The maximum absolute atomic E-state index is 9.67. The molecule has 0 fully saturated rings. The number of rotatable bonds is 3. The first-order valence-corrected chi connectivity index (χ1v) is 5.39. The molecule has 1 heterocycles. The summed E-state index contributed by atoms with van der Waals surface area (Å²) in [5.41, 5.74) is 7.61. The standard InChI is InChI=1S/C11H16N4O2/c1-6(16)11(2,3)13-8-5-4-7(12)9-10(8)15-17-14-9/h4-6,13,16H,12H2,1-3H3. The van der Waals surface area contributed by atoms with Crippen LogP contribution in [0.1, 0.15) is 20.8 Å². The Morgan fingerprint density at radius 2 is 2.00 bits per heavy atom. The molecule has 0 aliphatic heterocycles. The molecule has 2 aromatic rings. The quantitative estimate of drug-likeness (QED) is 0.696. The number of aliphatic hydroxyl groups excluding tert-OH is 1. The highest BCUT2D eigenvalue weighted by atomic mass is 16.6. The highest BCUT2D eigenvalue weighted by Gasteiger charge is 2.25. The molecule has 6 heteroatoms. The van der Waals surface area contributed by atoms with Gasteiger partial charge in [-0.3, -0.25) is 0 Å². The largest absolute Gasteiger partial charge is 0.397 e. The van der Waals surface area contributed by atoms with Crippen LogP contribution in [0.25, 0.3) is 11.0 Å². The number of aliphatic hydroxyl groups is 1. The van der Waals surface area contributed by atoms with Gasteiger partial charge < -0.3 is 16.2 Å². The first-order chi connectivity index (χ1) is 7.92. The molecule has 0 saturated heterocycles. The maximum atomic E-state index is 9.67. The zero-order chi connectivity index (χ0) is 12.6. The predicted molar refractivity (Wildman–Crippen MR) is 65.6 cm³/mol. The van der Waals surface area contributed by atoms with Crippen LogP contribution in [0.3, 0.4) is 0 Å². The predicted octanol–water partition coefficient (Wildman–Crippen LogP) is 1.38. The molecule has 1 aromatic carbocycles. The van der Waals surface area contributed by atoms with Crippen LogP contribution < -0.4 is 11.1 Å². The Morgan fingerprint density at radius 3 is 2.65 bits per heavy atom. The summed E-state index contributed by atoms with van der Waals surface area (Å²) in [6.07, 6.45) is -0.519. The van der Waals surface area contributed by atoms with Crippen molar-refractivity contribution in [2.45, 2.75) is 32.4 Å². The van der Waals surface area contributed by atoms with Gasteiger partial charge in [0.1, 0.15) is 0 Å². The topological polar surface area (TPSA) is 97.2 Å². The minimum absolute atomic E-state index is 0.484. The summed E-state index contributed by atoms with van der Waals surface area (Å²) in [5, 5.41) is 20.4. The van der Waals surface area contributed by atoms with E-state index in [1.54, 1.807) is 19.1 Å². The normalized spacial score (nSPS) is 13.9. The van der Waals surface area contributed by atoms with E-state index >= 15 is 0 Å². The van der Waals surface area contributed by atoms with Gasteiger partial charge in [0.2, 0.25) is 0 Å². The van der Waals surface area contributed by atoms with E-state index in [1.165, 1.54) is 0 Å². The summed E-state index contributed by atoms with van der Waals surface area (Å²) in [6.45, 7) is 5.52. The highest BCUT2D eigenvalue weighted by molar-refractivity contribution is 5.95. The first kappa shape index (κ1) is 11.7. The second-order valence-electron chi connectivity index (χ2n) is 4.69. The molecule has 0 saturated carbocycles. The molecule has 0 spiro atoms. The lowest BCUT2D eigenvalue weighted by Gasteiger charge is -2.30. The molecule has 0 radical (unpaired) electrons. The van der Waals surface area contributed by atoms with Gasteiger partial charge >= 0.3 is 0 Å². The van der Waals surface area contributed by atoms with Gasteiger partial charge in [0, 0.05) is 0 Å². The molecular formula is C11H16N4O2. The number of anilines is 2. The monoisotopic (exact) mass is 236 g/mol. The van der Waals surface area contributed by atoms with Crippen molar-refractivity contribution in [3.8, 4) is 0 Å². The summed E-state index contributed by atoms with van der Waals surface area (Å²) < 4.78 is 4.68. The van der Waals surface area contributed by atoms with Crippen LogP contribution in [0.5, 0.6) is 0 Å². The average molecular weight is 236 g/mol. The Morgan fingerprint density at radius 1 is 1.35 bits per heavy atom. The zero-order valence-corrected chi connectivity index (χ0v) is 10.1. The van der Waals surface area contributed by atoms with Crippen LogP contribution >= 0.6 is 0 Å². The second kappa shape index (κ2) is 3.89. The SMILES string of the molecule is CC(O)C(C)(C)Nc1ccc(N)c2nonc12. The number of nitrogen functional groups attached to an aromatic ring is 1. The Bertz CT molecular complexity index is 533. The van der Waals surface area contributed by atoms with Crippen molar-refractivity contribution in [2.75, 3.05) is 11.1 Å². The van der Waals surface area contributed by atoms with Gasteiger partial charge in [0.15, 0.2) is 11.0 Å². The lowest BCUT2D eigenvalue weighted by atomic mass is 9.98. The summed E-state index contributed by atoms with van der Waals surface area (Å²) in [7, 11) is 0. The average Bonchev–Trinajstić information content (AvgIpc) is 2.71. The fourth-order valence-corrected chi connectivity index (χ4v) is 1.44. The summed E-state index contributed by atoms with van der Waals surface area (Å²) in [6, 6.07) is 3.53. The Labute approximate surface area is 98.8 Å². The van der Waals surface area contributed by atoms with Crippen molar-refractivity contribution in [2.24, 2.45) is 0 Å². The maximum Gasteiger partial charge on any atom is 0.160 e. The molecule has 0 aliphatic carbocycles. The van der Waals surface area contributed by atoms with Gasteiger partial charge in [0.25, 0.3) is 0 Å². The number of hydrogen-bond donors (Lipinski definition) is 3. The molecule has 0 aliphatic rings. The van der Waals surface area contributed by atoms with Crippen LogP contribution in [-0.2, 0) is 0 Å². The van der Waals surface area contributed by atoms with Gasteiger partial charge in [-0.05, 0) is 43.2 Å². The van der Waals surface area contributed by atoms with E-state index in [-0.39, 0.29) is 0 Å². The molecule has 6 nitrogen and oxygen atoms in total. The fourth-order valence-electron chi connectivity index (χ4n) is 1.44. The Kier molecular flexibility index (Phi) is 2.66. The van der Waals surface area contributed by atoms with Crippen molar-refractivity contribution < 1.29 is 9.74 Å². The van der Waals surface area contributed by atoms with Crippen LogP contribution in [0, 0.1) is 0 Å². The van der Waals surface area contributed by atoms with Crippen molar-refractivity contribution in [3.05, 3.63) is 12.1 Å². The highest BCUT2D eigenvalue weighted by Crippen LogP contribution is 2.28. The number of nitrogens with one attached hydrogen (secondary N) is 1. The van der Waals surface area contributed by atoms with E-state index in [9.17, 15) is 5.11 Å². The molecule has 2 rings (SSSR count). The van der Waals surface area contributed by atoms with Crippen molar-refractivity contribution >= 4 is 22.4 Å². The summed E-state index contributed by atoms with van der Waals surface area (Å²) >= 11 is 0. The number of hydrogen-bond acceptors (Lipinski definition) is 6. The lowest BCUT2D eigenvalue weighted by molar-refractivity contribution is 0.133. The van der Waals surface area contributed by atoms with Crippen molar-refractivity contribution in [1.29, 1.82) is 0 Å². The number of nitrogens with two attached hydrogens (primary N) is 1. The third-order valence-corrected chi connectivity index (χ3v) is 2.95. The molecule has 17 heavy (non-hydrogen) atoms. The Hall–Kier alpha value is -1.82. The van der Waals surface area contributed by atoms with Crippen LogP contribution in [0.15, 0.2) is 16.8 Å². The van der Waals surface area contributed by atoms with Crippen molar-refractivity contribution in [3.63, 3.8) is 0 Å². The van der Waals surface area contributed by atoms with E-state index in [4.69, 9.17) is 5.73 Å². The third-order valence-electron chi connectivity index (χ3n) is 2.95. The van der Waals surface area contributed by atoms with Gasteiger partial charge in [-0.15, -0.1) is 0 Å². The minimum Gasteiger partial charge on any atom is -0.397 e. The summed E-state index contributed by atoms with van der Waals surface area (Å²) in [4.78, 5) is 0. The first-order valence-electron chi connectivity index (χ1n) is 5.39. The molecule has 1 unspecified atom stereocenters. The molecule has 1 atom stereocenters. The number of aromatic nitrogens is 2. The molecule has 4 N–H and O–H groups in total. The van der Waals surface area contributed by atoms with Gasteiger partial charge in [-0.1, -0.05) is 0 Å². The molecular weight excluding hydrogens is 220 g/mol. The number of fused-ring (bicyclic) bond motifs is 1. The van der Waals surface area contributed by atoms with E-state index in [2.05, 4.69) is 20.3 Å². The molecule has 1 aromatic heterocycles. The van der Waals surface area contributed by atoms with E-state index in [0.717, 1.165) is 5.69 Å². The minimum atomic E-state index is -0.519. The van der Waals surface area contributed by atoms with Gasteiger partial charge in [-0.2, -0.15) is 0 Å². The zero-order valence-electron chi connectivity index (χ0n) is 10.1. The van der Waals surface area contributed by atoms with Gasteiger partial charge in [-0.25, -0.2) is 4.63 Å². The van der Waals surface area contributed by atoms with E-state index in [1.807, 2.05) is 13.8 Å². The van der Waals surface area contributed by atoms with Gasteiger partial charge in [0.05, 0.1) is 23.0 Å². The molecule has 0 amide bonds. The fraction of sp³-hybridized carbons (Fsp3) is 0.455. The van der Waals surface area contributed by atoms with E-state index in [0.29, 0.717) is 16.7 Å². The van der Waals surface area contributed by atoms with E-state index < -0.39 is 11.6 Å². The summed E-state index contributed by atoms with van der Waals surface area (Å²) in [5.74, 6) is 0. The Balaban J connectivity index is 2.43. The molecule has 0 bridgehead atoms. The van der Waals surface area contributed by atoms with Crippen molar-refractivity contribution in [1.82, 2.24) is 10.3 Å². The van der Waals surface area contributed by atoms with Crippen LogP contribution in [0.4, 0.5) is 11.4 Å². The number of benzene rings is 1. The number of nitrogens with zero attached hydrogens (tertiary/aromatic N) is 2. The smallest absolute Gasteiger partial charge is 0.160 e. The second-order valence-corrected chi connectivity index (χ2v) is 4.69. The lowest BCUT2D eigenvalue weighted by Crippen LogP contribution is -2.41. The van der Waals surface area contributed by atoms with Crippen LogP contribution in [-0.4, -0.2) is 27.1 Å². The van der Waals surface area contributed by atoms with Crippen LogP contribution in [0.2, 0.25) is 0 Å².